The first-order chi connectivity index (χ1) is 9.06. The van der Waals surface area contributed by atoms with E-state index in [1.807, 2.05) is 4.98 Å². The third kappa shape index (κ3) is 2.45. The van der Waals surface area contributed by atoms with Crippen LogP contribution in [0.25, 0.3) is 10.4 Å². The van der Waals surface area contributed by atoms with Crippen LogP contribution >= 0.6 is 0 Å². The van der Waals surface area contributed by atoms with Crippen molar-refractivity contribution >= 4 is 5.69 Å². The highest BCUT2D eigenvalue weighted by atomic mass is 16.5. The molecule has 10 nitrogen and oxygen atoms in total. The second kappa shape index (κ2) is 5.14. The minimum Gasteiger partial charge on any atom is -0.394 e. The van der Waals surface area contributed by atoms with Crippen molar-refractivity contribution in [3.8, 4) is 0 Å². The predicted octanol–water partition coefficient (Wildman–Crippen LogP) is -0.923. The molecule has 10 heteroatoms. The number of hydrogen-bond acceptors (Lipinski definition) is 6. The van der Waals surface area contributed by atoms with Crippen LogP contribution in [0.15, 0.2) is 20.9 Å². The topological polar surface area (TPSA) is 159 Å². The van der Waals surface area contributed by atoms with Crippen molar-refractivity contribution in [2.45, 2.75) is 24.8 Å². The largest absolute Gasteiger partial charge is 0.394 e. The molecule has 0 bridgehead atoms. The normalized spacial score (nSPS) is 26.1. The first kappa shape index (κ1) is 13.1. The van der Waals surface area contributed by atoms with Crippen molar-refractivity contribution in [1.82, 2.24) is 9.55 Å². The maximum Gasteiger partial charge on any atom is 0.330 e. The highest BCUT2D eigenvalue weighted by molar-refractivity contribution is 5.30. The van der Waals surface area contributed by atoms with Gasteiger partial charge in [0.1, 0.15) is 11.9 Å². The van der Waals surface area contributed by atoms with Gasteiger partial charge in [0.15, 0.2) is 0 Å². The number of hydrogen-bond donors (Lipinski definition) is 3. The zero-order valence-electron chi connectivity index (χ0n) is 9.76. The van der Waals surface area contributed by atoms with Crippen LogP contribution in [-0.2, 0) is 4.74 Å². The number of azide groups is 1. The van der Waals surface area contributed by atoms with E-state index in [0.717, 1.165) is 4.57 Å². The molecule has 3 atom stereocenters. The quantitative estimate of drug-likeness (QED) is 0.366. The van der Waals surface area contributed by atoms with Crippen molar-refractivity contribution < 1.29 is 9.84 Å². The SMILES string of the molecule is [N-]=[N+]=NC1CC(n2cc(N)c(=O)[nH]c2=O)OC1CO. The Kier molecular flexibility index (Phi) is 3.56. The smallest absolute Gasteiger partial charge is 0.330 e. The van der Waals surface area contributed by atoms with Gasteiger partial charge in [-0.3, -0.25) is 14.3 Å². The number of nitrogens with two attached hydrogens (primary N) is 1. The zero-order valence-corrected chi connectivity index (χ0v) is 9.76. The Balaban J connectivity index is 2.34. The van der Waals surface area contributed by atoms with E-state index in [2.05, 4.69) is 10.0 Å². The summed E-state index contributed by atoms with van der Waals surface area (Å²) in [6.45, 7) is -0.340. The van der Waals surface area contributed by atoms with Crippen LogP contribution < -0.4 is 17.0 Å². The van der Waals surface area contributed by atoms with E-state index in [1.54, 1.807) is 0 Å². The third-order valence-electron chi connectivity index (χ3n) is 2.89. The van der Waals surface area contributed by atoms with Crippen molar-refractivity contribution in [2.75, 3.05) is 12.3 Å². The van der Waals surface area contributed by atoms with Crippen molar-refractivity contribution in [3.05, 3.63) is 37.5 Å². The zero-order chi connectivity index (χ0) is 14.0. The number of anilines is 1. The fourth-order valence-corrected chi connectivity index (χ4v) is 1.95. The van der Waals surface area contributed by atoms with Crippen LogP contribution in [0.1, 0.15) is 12.6 Å². The van der Waals surface area contributed by atoms with Gasteiger partial charge < -0.3 is 15.6 Å². The molecule has 0 spiro atoms. The highest BCUT2D eigenvalue weighted by Gasteiger charge is 2.35. The van der Waals surface area contributed by atoms with E-state index >= 15 is 0 Å². The van der Waals surface area contributed by atoms with E-state index in [1.165, 1.54) is 6.20 Å². The van der Waals surface area contributed by atoms with Gasteiger partial charge in [-0.25, -0.2) is 4.79 Å². The summed E-state index contributed by atoms with van der Waals surface area (Å²) in [7, 11) is 0. The Bertz CT molecular complexity index is 630. The molecule has 1 saturated heterocycles. The minimum atomic E-state index is -0.751. The summed E-state index contributed by atoms with van der Waals surface area (Å²) in [5, 5.41) is 12.6. The maximum atomic E-state index is 11.6. The van der Waals surface area contributed by atoms with E-state index in [4.69, 9.17) is 21.1 Å². The van der Waals surface area contributed by atoms with Crippen LogP contribution in [0.5, 0.6) is 0 Å². The molecule has 1 aliphatic rings. The van der Waals surface area contributed by atoms with Gasteiger partial charge in [0.25, 0.3) is 5.56 Å². The summed E-state index contributed by atoms with van der Waals surface area (Å²) < 4.78 is 6.51. The van der Waals surface area contributed by atoms with Gasteiger partial charge in [-0.2, -0.15) is 0 Å². The number of aliphatic hydroxyl groups is 1. The molecular formula is C9H12N6O4. The second-order valence-electron chi connectivity index (χ2n) is 4.07. The molecule has 3 unspecified atom stereocenters. The van der Waals surface area contributed by atoms with Gasteiger partial charge in [0.2, 0.25) is 0 Å². The number of H-pyrrole nitrogens is 1. The number of aromatic nitrogens is 2. The molecule has 1 fully saturated rings. The van der Waals surface area contributed by atoms with E-state index in [0.29, 0.717) is 0 Å². The van der Waals surface area contributed by atoms with E-state index < -0.39 is 29.6 Å². The first-order valence-electron chi connectivity index (χ1n) is 5.48. The molecule has 19 heavy (non-hydrogen) atoms. The Morgan fingerprint density at radius 3 is 3.05 bits per heavy atom. The third-order valence-corrected chi connectivity index (χ3v) is 2.89. The molecule has 4 N–H and O–H groups in total. The molecule has 1 aromatic heterocycles. The molecule has 0 amide bonds. The van der Waals surface area contributed by atoms with E-state index in [9.17, 15) is 9.59 Å². The Morgan fingerprint density at radius 1 is 1.68 bits per heavy atom. The maximum absolute atomic E-state index is 11.6. The summed E-state index contributed by atoms with van der Waals surface area (Å²) in [6.07, 6.45) is -0.0698. The van der Waals surface area contributed by atoms with Crippen molar-refractivity contribution in [2.24, 2.45) is 5.11 Å². The van der Waals surface area contributed by atoms with Crippen LogP contribution in [0.4, 0.5) is 5.69 Å². The highest BCUT2D eigenvalue weighted by Crippen LogP contribution is 2.29. The van der Waals surface area contributed by atoms with Gasteiger partial charge in [-0.15, -0.1) is 0 Å². The summed E-state index contributed by atoms with van der Waals surface area (Å²) >= 11 is 0. The molecule has 2 heterocycles. The number of aliphatic hydroxyl groups excluding tert-OH is 1. The van der Waals surface area contributed by atoms with Gasteiger partial charge in [-0.1, -0.05) is 5.11 Å². The monoisotopic (exact) mass is 268 g/mol. The van der Waals surface area contributed by atoms with Crippen LogP contribution in [-0.4, -0.2) is 33.4 Å². The molecular weight excluding hydrogens is 256 g/mol. The van der Waals surface area contributed by atoms with Crippen LogP contribution in [0, 0.1) is 0 Å². The first-order valence-corrected chi connectivity index (χ1v) is 5.48. The summed E-state index contributed by atoms with van der Waals surface area (Å²) in [6, 6.07) is -0.583. The standard InChI is InChI=1S/C9H12N6O4/c10-4-2-15(9(18)12-8(4)17)7-1-5(13-14-11)6(3-16)19-7/h2,5-7,16H,1,3,10H2,(H,12,17,18). The average Bonchev–Trinajstić information content (AvgIpc) is 2.77. The Morgan fingerprint density at radius 2 is 2.42 bits per heavy atom. The molecule has 0 aromatic carbocycles. The molecule has 102 valence electrons. The van der Waals surface area contributed by atoms with Gasteiger partial charge in [-0.05, 0) is 5.53 Å². The van der Waals surface area contributed by atoms with Crippen LogP contribution in [0.3, 0.4) is 0 Å². The van der Waals surface area contributed by atoms with E-state index in [-0.39, 0.29) is 18.7 Å². The number of nitrogen functional groups attached to an aromatic ring is 1. The lowest BCUT2D eigenvalue weighted by atomic mass is 10.1. The molecule has 0 aliphatic carbocycles. The molecule has 0 radical (unpaired) electrons. The Hall–Kier alpha value is -2.29. The lowest BCUT2D eigenvalue weighted by Crippen LogP contribution is -2.33. The summed E-state index contributed by atoms with van der Waals surface area (Å²) in [4.78, 5) is 27.5. The molecule has 0 saturated carbocycles. The summed E-state index contributed by atoms with van der Waals surface area (Å²) in [5.74, 6) is 0. The van der Waals surface area contributed by atoms with Gasteiger partial charge >= 0.3 is 5.69 Å². The van der Waals surface area contributed by atoms with Crippen LogP contribution in [0.2, 0.25) is 0 Å². The fraction of sp³-hybridized carbons (Fsp3) is 0.556. The molecule has 1 aromatic rings. The van der Waals surface area contributed by atoms with Crippen molar-refractivity contribution in [1.29, 1.82) is 0 Å². The Labute approximate surface area is 106 Å². The average molecular weight is 268 g/mol. The number of nitrogens with zero attached hydrogens (tertiary/aromatic N) is 4. The molecule has 1 aliphatic heterocycles. The number of nitrogens with one attached hydrogen (secondary N) is 1. The number of ether oxygens (including phenoxy) is 1. The number of rotatable bonds is 3. The van der Waals surface area contributed by atoms with Gasteiger partial charge in [0, 0.05) is 17.5 Å². The summed E-state index contributed by atoms with van der Waals surface area (Å²) in [5.41, 5.74) is 12.4. The number of aromatic amines is 1. The minimum absolute atomic E-state index is 0.129. The van der Waals surface area contributed by atoms with Gasteiger partial charge in [0.05, 0.1) is 18.8 Å². The predicted molar refractivity (Wildman–Crippen MR) is 64.3 cm³/mol. The lowest BCUT2D eigenvalue weighted by Gasteiger charge is -2.14. The lowest BCUT2D eigenvalue weighted by molar-refractivity contribution is -0.0269. The van der Waals surface area contributed by atoms with Crippen molar-refractivity contribution in [3.63, 3.8) is 0 Å². The fourth-order valence-electron chi connectivity index (χ4n) is 1.95. The second-order valence-corrected chi connectivity index (χ2v) is 4.07. The molecule has 2 rings (SSSR count).